The summed E-state index contributed by atoms with van der Waals surface area (Å²) in [6, 6.07) is 7.55. The van der Waals surface area contributed by atoms with E-state index in [1.54, 1.807) is 12.1 Å². The van der Waals surface area contributed by atoms with Crippen LogP contribution in [-0.4, -0.2) is 16.8 Å². The van der Waals surface area contributed by atoms with Gasteiger partial charge in [-0.25, -0.2) is 0 Å². The maximum Gasteiger partial charge on any atom is 0.255 e. The van der Waals surface area contributed by atoms with Crippen molar-refractivity contribution in [3.05, 3.63) is 58.4 Å². The van der Waals surface area contributed by atoms with Gasteiger partial charge >= 0.3 is 0 Å². The number of benzene rings is 1. The molecule has 0 unspecified atom stereocenters. The van der Waals surface area contributed by atoms with E-state index in [9.17, 15) is 9.59 Å². The van der Waals surface area contributed by atoms with Crippen LogP contribution in [0.5, 0.6) is 0 Å². The molecule has 7 heteroatoms. The van der Waals surface area contributed by atoms with E-state index in [-0.39, 0.29) is 18.0 Å². The van der Waals surface area contributed by atoms with Gasteiger partial charge in [0.1, 0.15) is 0 Å². The first-order chi connectivity index (χ1) is 10.0. The quantitative estimate of drug-likeness (QED) is 0.795. The van der Waals surface area contributed by atoms with E-state index >= 15 is 0 Å². The summed E-state index contributed by atoms with van der Waals surface area (Å²) in [4.78, 5) is 27.3. The predicted molar refractivity (Wildman–Crippen MR) is 80.1 cm³/mol. The van der Waals surface area contributed by atoms with E-state index in [2.05, 4.69) is 10.3 Å². The summed E-state index contributed by atoms with van der Waals surface area (Å²) in [5.41, 5.74) is 12.2. The highest BCUT2D eigenvalue weighted by Gasteiger charge is 2.11. The van der Waals surface area contributed by atoms with E-state index < -0.39 is 5.91 Å². The molecule has 108 valence electrons. The molecule has 21 heavy (non-hydrogen) atoms. The lowest BCUT2D eigenvalue weighted by molar-refractivity contribution is 0.0996. The van der Waals surface area contributed by atoms with Crippen molar-refractivity contribution in [2.75, 3.05) is 5.32 Å². The van der Waals surface area contributed by atoms with Gasteiger partial charge in [-0.05, 0) is 30.3 Å². The maximum atomic E-state index is 12.2. The van der Waals surface area contributed by atoms with E-state index in [0.29, 0.717) is 22.0 Å². The molecule has 6 nitrogen and oxygen atoms in total. The fraction of sp³-hybridized carbons (Fsp3) is 0.0714. The molecular formula is C14H13ClN4O2. The third-order valence-corrected chi connectivity index (χ3v) is 3.12. The predicted octanol–water partition coefficient (Wildman–Crippen LogP) is 1.54. The van der Waals surface area contributed by atoms with Crippen molar-refractivity contribution in [3.63, 3.8) is 0 Å². The molecule has 1 aromatic carbocycles. The number of carbonyl (C=O) groups excluding carboxylic acids is 2. The third kappa shape index (κ3) is 3.56. The van der Waals surface area contributed by atoms with Gasteiger partial charge in [0.05, 0.1) is 16.4 Å². The molecule has 0 aliphatic carbocycles. The number of halogens is 1. The van der Waals surface area contributed by atoms with Crippen LogP contribution in [0.25, 0.3) is 0 Å². The first-order valence-electron chi connectivity index (χ1n) is 6.07. The first-order valence-corrected chi connectivity index (χ1v) is 6.44. The zero-order chi connectivity index (χ0) is 15.4. The smallest absolute Gasteiger partial charge is 0.255 e. The van der Waals surface area contributed by atoms with Gasteiger partial charge in [-0.15, -0.1) is 0 Å². The molecule has 0 bridgehead atoms. The molecule has 0 spiro atoms. The molecule has 2 rings (SSSR count). The van der Waals surface area contributed by atoms with Gasteiger partial charge in [-0.1, -0.05) is 11.6 Å². The molecule has 0 saturated heterocycles. The van der Waals surface area contributed by atoms with Crippen molar-refractivity contribution in [3.8, 4) is 0 Å². The molecule has 5 N–H and O–H groups in total. The highest BCUT2D eigenvalue weighted by Crippen LogP contribution is 2.23. The summed E-state index contributed by atoms with van der Waals surface area (Å²) in [7, 11) is 0. The summed E-state index contributed by atoms with van der Waals surface area (Å²) in [5.74, 6) is -0.980. The zero-order valence-corrected chi connectivity index (χ0v) is 11.7. The summed E-state index contributed by atoms with van der Waals surface area (Å²) in [6.45, 7) is 0.235. The molecule has 0 atom stereocenters. The van der Waals surface area contributed by atoms with Crippen molar-refractivity contribution in [1.82, 2.24) is 4.98 Å². The Morgan fingerprint density at radius 1 is 1.19 bits per heavy atom. The van der Waals surface area contributed by atoms with Gasteiger partial charge in [0.25, 0.3) is 5.91 Å². The number of nitrogens with one attached hydrogen (secondary N) is 1. The lowest BCUT2D eigenvalue weighted by atomic mass is 10.1. The number of pyridine rings is 1. The maximum absolute atomic E-state index is 12.2. The number of aromatic nitrogens is 1. The van der Waals surface area contributed by atoms with Crippen LogP contribution < -0.4 is 16.8 Å². The summed E-state index contributed by atoms with van der Waals surface area (Å²) in [5, 5.41) is 2.93. The lowest BCUT2D eigenvalue weighted by Gasteiger charge is -2.09. The van der Waals surface area contributed by atoms with Crippen molar-refractivity contribution in [2.24, 2.45) is 11.5 Å². The van der Waals surface area contributed by atoms with Crippen LogP contribution in [0.15, 0.2) is 36.5 Å². The van der Waals surface area contributed by atoms with Crippen molar-refractivity contribution in [1.29, 1.82) is 0 Å². The van der Waals surface area contributed by atoms with Crippen LogP contribution in [0.3, 0.4) is 0 Å². The summed E-state index contributed by atoms with van der Waals surface area (Å²) < 4.78 is 0. The number of hydrogen-bond acceptors (Lipinski definition) is 4. The molecule has 1 aromatic heterocycles. The molecule has 0 saturated carbocycles. The number of rotatable bonds is 4. The van der Waals surface area contributed by atoms with Crippen LogP contribution in [0.2, 0.25) is 5.02 Å². The van der Waals surface area contributed by atoms with Crippen LogP contribution in [0, 0.1) is 0 Å². The normalized spacial score (nSPS) is 10.2. The molecular weight excluding hydrogens is 292 g/mol. The number of carbonyl (C=O) groups is 2. The Kier molecular flexibility index (Phi) is 4.52. The van der Waals surface area contributed by atoms with E-state index in [4.69, 9.17) is 23.1 Å². The number of nitrogens with zero attached hydrogens (tertiary/aromatic N) is 1. The van der Waals surface area contributed by atoms with Crippen LogP contribution >= 0.6 is 11.6 Å². The number of anilines is 1. The molecule has 2 aromatic rings. The highest BCUT2D eigenvalue weighted by atomic mass is 35.5. The standard InChI is InChI=1S/C14H13ClN4O2/c15-11-2-1-8(13(17)20)6-12(11)19-14(21)9-3-4-18-10(5-9)7-16/h1-6H,7,16H2,(H2,17,20)(H,19,21). The Labute approximate surface area is 126 Å². The minimum atomic E-state index is -0.600. The van der Waals surface area contributed by atoms with Crippen molar-refractivity contribution < 1.29 is 9.59 Å². The van der Waals surface area contributed by atoms with E-state index in [1.165, 1.54) is 24.4 Å². The Morgan fingerprint density at radius 3 is 2.62 bits per heavy atom. The number of hydrogen-bond donors (Lipinski definition) is 3. The Bertz CT molecular complexity index is 703. The number of amides is 2. The highest BCUT2D eigenvalue weighted by molar-refractivity contribution is 6.34. The largest absolute Gasteiger partial charge is 0.366 e. The number of primary amides is 1. The minimum Gasteiger partial charge on any atom is -0.366 e. The minimum absolute atomic E-state index is 0.235. The van der Waals surface area contributed by atoms with Crippen molar-refractivity contribution in [2.45, 2.75) is 6.54 Å². The topological polar surface area (TPSA) is 111 Å². The van der Waals surface area contributed by atoms with Crippen LogP contribution in [-0.2, 0) is 6.54 Å². The summed E-state index contributed by atoms with van der Waals surface area (Å²) >= 11 is 5.99. The van der Waals surface area contributed by atoms with E-state index in [0.717, 1.165) is 0 Å². The van der Waals surface area contributed by atoms with E-state index in [1.807, 2.05) is 0 Å². The third-order valence-electron chi connectivity index (χ3n) is 2.79. The van der Waals surface area contributed by atoms with Gasteiger partial charge < -0.3 is 16.8 Å². The fourth-order valence-electron chi connectivity index (χ4n) is 1.70. The zero-order valence-electron chi connectivity index (χ0n) is 11.0. The second-order valence-corrected chi connectivity index (χ2v) is 4.66. The van der Waals surface area contributed by atoms with Gasteiger partial charge in [-0.3, -0.25) is 14.6 Å². The summed E-state index contributed by atoms with van der Waals surface area (Å²) in [6.07, 6.45) is 1.50. The fourth-order valence-corrected chi connectivity index (χ4v) is 1.86. The second kappa shape index (κ2) is 6.34. The molecule has 2 amide bonds. The van der Waals surface area contributed by atoms with Gasteiger partial charge in [0, 0.05) is 23.9 Å². The molecule has 0 fully saturated rings. The van der Waals surface area contributed by atoms with Crippen LogP contribution in [0.4, 0.5) is 5.69 Å². The Hall–Kier alpha value is -2.44. The average molecular weight is 305 g/mol. The molecule has 0 radical (unpaired) electrons. The van der Waals surface area contributed by atoms with Gasteiger partial charge in [0.15, 0.2) is 0 Å². The molecule has 1 heterocycles. The second-order valence-electron chi connectivity index (χ2n) is 4.25. The lowest BCUT2D eigenvalue weighted by Crippen LogP contribution is -2.15. The van der Waals surface area contributed by atoms with Gasteiger partial charge in [0.2, 0.25) is 5.91 Å². The molecule has 0 aliphatic rings. The molecule has 0 aliphatic heterocycles. The SMILES string of the molecule is NCc1cc(C(=O)Nc2cc(C(N)=O)ccc2Cl)ccn1. The van der Waals surface area contributed by atoms with Crippen LogP contribution in [0.1, 0.15) is 26.4 Å². The Morgan fingerprint density at radius 2 is 1.95 bits per heavy atom. The van der Waals surface area contributed by atoms with Gasteiger partial charge in [-0.2, -0.15) is 0 Å². The first kappa shape index (κ1) is 15.0. The monoisotopic (exact) mass is 304 g/mol. The Balaban J connectivity index is 2.26. The average Bonchev–Trinajstić information content (AvgIpc) is 2.49. The van der Waals surface area contributed by atoms with Crippen molar-refractivity contribution >= 4 is 29.1 Å². The number of nitrogens with two attached hydrogens (primary N) is 2.